The Morgan fingerprint density at radius 2 is 1.88 bits per heavy atom. The first kappa shape index (κ1) is 12.1. The number of nitrogens with zero attached hydrogens (tertiary/aromatic N) is 1. The third-order valence-electron chi connectivity index (χ3n) is 2.47. The number of ether oxygens (including phenoxy) is 1. The van der Waals surface area contributed by atoms with Crippen LogP contribution in [0.5, 0.6) is 0 Å². The Morgan fingerprint density at radius 1 is 1.25 bits per heavy atom. The highest BCUT2D eigenvalue weighted by molar-refractivity contribution is 7.98. The number of thioether (sulfide) groups is 1. The van der Waals surface area contributed by atoms with E-state index < -0.39 is 11.0 Å². The van der Waals surface area contributed by atoms with Crippen LogP contribution in [0.1, 0.15) is 0 Å². The molecule has 1 aliphatic heterocycles. The third kappa shape index (κ3) is 2.85. The van der Waals surface area contributed by atoms with Crippen molar-refractivity contribution in [3.8, 4) is 0 Å². The maximum Gasteiger partial charge on any atom is 0.127 e. The Hall–Kier alpha value is -0.360. The molecule has 1 aromatic rings. The Morgan fingerprint density at radius 3 is 2.44 bits per heavy atom. The lowest BCUT2D eigenvalue weighted by Crippen LogP contribution is -2.37. The van der Waals surface area contributed by atoms with Gasteiger partial charge in [-0.15, -0.1) is 11.8 Å². The van der Waals surface area contributed by atoms with E-state index >= 15 is 0 Å². The van der Waals surface area contributed by atoms with Gasteiger partial charge in [0.1, 0.15) is 11.0 Å². The van der Waals surface area contributed by atoms with Crippen molar-refractivity contribution in [1.29, 1.82) is 0 Å². The first-order valence-electron chi connectivity index (χ1n) is 5.20. The minimum atomic E-state index is -1.04. The van der Waals surface area contributed by atoms with Crippen molar-refractivity contribution in [2.45, 2.75) is 9.79 Å². The number of hydrogen-bond acceptors (Lipinski definition) is 3. The van der Waals surface area contributed by atoms with Gasteiger partial charge in [0.05, 0.1) is 18.1 Å². The zero-order valence-electron chi connectivity index (χ0n) is 9.22. The topological polar surface area (TPSA) is 29.5 Å². The molecule has 3 nitrogen and oxygen atoms in total. The van der Waals surface area contributed by atoms with Crippen molar-refractivity contribution < 1.29 is 8.95 Å². The molecular weight excluding hydrogens is 242 g/mol. The minimum Gasteiger partial charge on any atom is -0.379 e. The van der Waals surface area contributed by atoms with Crippen LogP contribution in [0.25, 0.3) is 0 Å². The van der Waals surface area contributed by atoms with Gasteiger partial charge in [-0.1, -0.05) is 0 Å². The number of rotatable bonds is 3. The van der Waals surface area contributed by atoms with E-state index in [1.54, 1.807) is 11.8 Å². The fraction of sp³-hybridized carbons (Fsp3) is 0.455. The summed E-state index contributed by atoms with van der Waals surface area (Å²) in [6.07, 6.45) is 2.04. The fourth-order valence-corrected chi connectivity index (χ4v) is 3.11. The summed E-state index contributed by atoms with van der Waals surface area (Å²) in [5, 5.41) is 0. The predicted octanol–water partition coefficient (Wildman–Crippen LogP) is 1.76. The Balaban J connectivity index is 2.07. The predicted molar refractivity (Wildman–Crippen MR) is 67.0 cm³/mol. The summed E-state index contributed by atoms with van der Waals surface area (Å²) in [7, 11) is -1.04. The largest absolute Gasteiger partial charge is 0.379 e. The Bertz CT molecular complexity index is 361. The van der Waals surface area contributed by atoms with Crippen molar-refractivity contribution in [1.82, 2.24) is 4.31 Å². The highest BCUT2D eigenvalue weighted by Gasteiger charge is 2.17. The van der Waals surface area contributed by atoms with Gasteiger partial charge in [0, 0.05) is 18.0 Å². The van der Waals surface area contributed by atoms with Gasteiger partial charge in [-0.05, 0) is 30.5 Å². The molecule has 0 aromatic heterocycles. The lowest BCUT2D eigenvalue weighted by atomic mass is 10.4. The lowest BCUT2D eigenvalue weighted by molar-refractivity contribution is 0.0752. The molecule has 1 atom stereocenters. The highest BCUT2D eigenvalue weighted by atomic mass is 32.2. The number of morpholine rings is 1. The van der Waals surface area contributed by atoms with E-state index in [1.165, 1.54) is 4.90 Å². The second-order valence-corrected chi connectivity index (χ2v) is 5.83. The summed E-state index contributed by atoms with van der Waals surface area (Å²) in [6.45, 7) is 2.84. The molecule has 1 saturated heterocycles. The first-order valence-corrected chi connectivity index (χ1v) is 7.53. The van der Waals surface area contributed by atoms with E-state index in [-0.39, 0.29) is 0 Å². The summed E-state index contributed by atoms with van der Waals surface area (Å²) < 4.78 is 19.4. The van der Waals surface area contributed by atoms with E-state index in [0.717, 1.165) is 18.0 Å². The van der Waals surface area contributed by atoms with Crippen LogP contribution in [0.3, 0.4) is 0 Å². The molecule has 1 aliphatic rings. The van der Waals surface area contributed by atoms with Crippen LogP contribution in [0.15, 0.2) is 34.1 Å². The van der Waals surface area contributed by atoms with Gasteiger partial charge in [-0.25, -0.2) is 8.51 Å². The molecular formula is C11H15NO2S2. The van der Waals surface area contributed by atoms with Crippen LogP contribution in [0.2, 0.25) is 0 Å². The molecule has 88 valence electrons. The summed E-state index contributed by atoms with van der Waals surface area (Å²) in [6, 6.07) is 7.91. The first-order chi connectivity index (χ1) is 7.81. The van der Waals surface area contributed by atoms with Crippen molar-refractivity contribution >= 4 is 22.7 Å². The van der Waals surface area contributed by atoms with Gasteiger partial charge in [0.15, 0.2) is 0 Å². The monoisotopic (exact) mass is 257 g/mol. The summed E-state index contributed by atoms with van der Waals surface area (Å²) in [5.74, 6) is 0. The summed E-state index contributed by atoms with van der Waals surface area (Å²) >= 11 is 1.69. The van der Waals surface area contributed by atoms with Crippen LogP contribution in [0.4, 0.5) is 0 Å². The molecule has 1 heterocycles. The van der Waals surface area contributed by atoms with E-state index in [1.807, 2.05) is 34.8 Å². The second kappa shape index (κ2) is 5.82. The molecule has 5 heteroatoms. The molecule has 0 aliphatic carbocycles. The van der Waals surface area contributed by atoms with Crippen molar-refractivity contribution in [3.05, 3.63) is 24.3 Å². The lowest BCUT2D eigenvalue weighted by Gasteiger charge is -2.25. The van der Waals surface area contributed by atoms with Crippen LogP contribution in [0, 0.1) is 0 Å². The van der Waals surface area contributed by atoms with E-state index in [0.29, 0.717) is 13.2 Å². The molecule has 1 fully saturated rings. The zero-order chi connectivity index (χ0) is 11.4. The van der Waals surface area contributed by atoms with E-state index in [4.69, 9.17) is 4.74 Å². The Kier molecular flexibility index (Phi) is 4.40. The Labute approximate surface area is 103 Å². The fourth-order valence-electron chi connectivity index (χ4n) is 1.55. The van der Waals surface area contributed by atoms with E-state index in [9.17, 15) is 4.21 Å². The van der Waals surface area contributed by atoms with Crippen molar-refractivity contribution in [2.24, 2.45) is 0 Å². The van der Waals surface area contributed by atoms with Crippen LogP contribution in [-0.4, -0.2) is 41.1 Å². The maximum atomic E-state index is 12.2. The smallest absolute Gasteiger partial charge is 0.127 e. The second-order valence-electron chi connectivity index (χ2n) is 3.47. The van der Waals surface area contributed by atoms with Gasteiger partial charge in [0.2, 0.25) is 0 Å². The molecule has 0 saturated carbocycles. The van der Waals surface area contributed by atoms with Crippen LogP contribution >= 0.6 is 11.8 Å². The van der Waals surface area contributed by atoms with Crippen molar-refractivity contribution in [3.63, 3.8) is 0 Å². The van der Waals surface area contributed by atoms with Crippen LogP contribution < -0.4 is 0 Å². The number of hydrogen-bond donors (Lipinski definition) is 0. The van der Waals surface area contributed by atoms with Gasteiger partial charge < -0.3 is 4.74 Å². The van der Waals surface area contributed by atoms with Gasteiger partial charge in [-0.2, -0.15) is 0 Å². The number of benzene rings is 1. The molecule has 0 amide bonds. The average Bonchev–Trinajstić information content (AvgIpc) is 2.39. The molecule has 2 rings (SSSR count). The van der Waals surface area contributed by atoms with Gasteiger partial charge in [-0.3, -0.25) is 0 Å². The average molecular weight is 257 g/mol. The molecule has 1 unspecified atom stereocenters. The quantitative estimate of drug-likeness (QED) is 0.773. The van der Waals surface area contributed by atoms with Crippen LogP contribution in [-0.2, 0) is 15.7 Å². The molecule has 0 radical (unpaired) electrons. The molecule has 0 bridgehead atoms. The maximum absolute atomic E-state index is 12.2. The summed E-state index contributed by atoms with van der Waals surface area (Å²) in [5.41, 5.74) is 0. The molecule has 16 heavy (non-hydrogen) atoms. The summed E-state index contributed by atoms with van der Waals surface area (Å²) in [4.78, 5) is 2.07. The standard InChI is InChI=1S/C11H15NO2S2/c1-15-10-2-4-11(5-3-10)16(13)12-6-8-14-9-7-12/h2-5H,6-9H2,1H3. The zero-order valence-corrected chi connectivity index (χ0v) is 10.9. The molecule has 0 N–H and O–H groups in total. The van der Waals surface area contributed by atoms with Gasteiger partial charge >= 0.3 is 0 Å². The molecule has 0 spiro atoms. The third-order valence-corrected chi connectivity index (χ3v) is 4.72. The van der Waals surface area contributed by atoms with Gasteiger partial charge in [0.25, 0.3) is 0 Å². The molecule has 1 aromatic carbocycles. The van der Waals surface area contributed by atoms with E-state index in [2.05, 4.69) is 0 Å². The minimum absolute atomic E-state index is 0.675. The van der Waals surface area contributed by atoms with Crippen molar-refractivity contribution in [2.75, 3.05) is 32.6 Å². The SMILES string of the molecule is CSc1ccc(S(=O)N2CCOCC2)cc1. The normalized spacial score (nSPS) is 19.6. The highest BCUT2D eigenvalue weighted by Crippen LogP contribution is 2.18.